The van der Waals surface area contributed by atoms with Crippen molar-refractivity contribution in [2.45, 2.75) is 9.79 Å². The molecule has 0 aromatic heterocycles. The van der Waals surface area contributed by atoms with Crippen LogP contribution in [0.4, 0.5) is 22.7 Å². The van der Waals surface area contributed by atoms with Crippen molar-refractivity contribution >= 4 is 42.8 Å². The van der Waals surface area contributed by atoms with Gasteiger partial charge in [0, 0.05) is 22.7 Å². The molecule has 0 amide bonds. The van der Waals surface area contributed by atoms with Gasteiger partial charge in [-0.3, -0.25) is 9.44 Å². The molecule has 28 heavy (non-hydrogen) atoms. The molecule has 0 atom stereocenters. The highest BCUT2D eigenvalue weighted by Crippen LogP contribution is 2.22. The minimum absolute atomic E-state index is 0.190. The fraction of sp³-hybridized carbons (Fsp3) is 0. The second kappa shape index (κ2) is 7.41. The van der Waals surface area contributed by atoms with E-state index < -0.39 is 20.0 Å². The van der Waals surface area contributed by atoms with E-state index in [4.69, 9.17) is 11.5 Å². The highest BCUT2D eigenvalue weighted by atomic mass is 32.2. The van der Waals surface area contributed by atoms with Crippen molar-refractivity contribution in [1.82, 2.24) is 0 Å². The fourth-order valence-corrected chi connectivity index (χ4v) is 4.62. The van der Waals surface area contributed by atoms with E-state index in [1.807, 2.05) is 0 Å². The summed E-state index contributed by atoms with van der Waals surface area (Å²) in [5.74, 6) is 0. The Morgan fingerprint density at radius 3 is 1.29 bits per heavy atom. The van der Waals surface area contributed by atoms with E-state index in [0.29, 0.717) is 22.7 Å². The van der Waals surface area contributed by atoms with Gasteiger partial charge in [-0.2, -0.15) is 0 Å². The standard InChI is InChI=1S/C18H18N4O4S2/c19-13-4-8-15(9-5-13)21-27(23,24)17-2-1-3-18(12-17)28(25,26)22-16-10-6-14(20)7-11-16/h1-12,21-22H,19-20H2. The smallest absolute Gasteiger partial charge is 0.261 e. The molecule has 10 heteroatoms. The topological polar surface area (TPSA) is 144 Å². The largest absolute Gasteiger partial charge is 0.399 e. The lowest BCUT2D eigenvalue weighted by atomic mass is 10.3. The van der Waals surface area contributed by atoms with Crippen LogP contribution in [-0.2, 0) is 20.0 Å². The molecule has 0 radical (unpaired) electrons. The molecule has 0 saturated heterocycles. The fourth-order valence-electron chi connectivity index (χ4n) is 2.34. The predicted molar refractivity (Wildman–Crippen MR) is 110 cm³/mol. The average Bonchev–Trinajstić information content (AvgIpc) is 2.65. The first-order chi connectivity index (χ1) is 13.2. The van der Waals surface area contributed by atoms with Crippen LogP contribution in [0.15, 0.2) is 82.6 Å². The number of nitrogens with one attached hydrogen (secondary N) is 2. The Labute approximate surface area is 163 Å². The van der Waals surface area contributed by atoms with Gasteiger partial charge in [-0.05, 0) is 66.7 Å². The first-order valence-electron chi connectivity index (χ1n) is 8.02. The summed E-state index contributed by atoms with van der Waals surface area (Å²) in [6, 6.07) is 17.3. The first kappa shape index (κ1) is 19.5. The molecule has 0 aliphatic heterocycles. The summed E-state index contributed by atoms with van der Waals surface area (Å²) in [6.45, 7) is 0. The maximum Gasteiger partial charge on any atom is 0.261 e. The van der Waals surface area contributed by atoms with Crippen LogP contribution in [0.5, 0.6) is 0 Å². The average molecular weight is 419 g/mol. The van der Waals surface area contributed by atoms with Crippen LogP contribution in [-0.4, -0.2) is 16.8 Å². The minimum Gasteiger partial charge on any atom is -0.399 e. The van der Waals surface area contributed by atoms with E-state index in [1.54, 1.807) is 24.3 Å². The Kier molecular flexibility index (Phi) is 5.16. The highest BCUT2D eigenvalue weighted by molar-refractivity contribution is 7.93. The maximum atomic E-state index is 12.6. The number of anilines is 4. The van der Waals surface area contributed by atoms with Crippen molar-refractivity contribution in [2.75, 3.05) is 20.9 Å². The molecule has 146 valence electrons. The normalized spacial score (nSPS) is 11.7. The van der Waals surface area contributed by atoms with Crippen molar-refractivity contribution < 1.29 is 16.8 Å². The molecule has 6 N–H and O–H groups in total. The molecule has 0 aliphatic rings. The molecule has 0 unspecified atom stereocenters. The van der Waals surface area contributed by atoms with Crippen LogP contribution >= 0.6 is 0 Å². The van der Waals surface area contributed by atoms with E-state index in [1.165, 1.54) is 42.5 Å². The van der Waals surface area contributed by atoms with Crippen LogP contribution in [0.3, 0.4) is 0 Å². The Hall–Kier alpha value is -3.24. The van der Waals surface area contributed by atoms with Crippen LogP contribution in [0.1, 0.15) is 0 Å². The Balaban J connectivity index is 1.88. The van der Waals surface area contributed by atoms with Crippen molar-refractivity contribution in [3.63, 3.8) is 0 Å². The lowest BCUT2D eigenvalue weighted by Gasteiger charge is -2.11. The van der Waals surface area contributed by atoms with Crippen molar-refractivity contribution in [3.8, 4) is 0 Å². The number of nitrogen functional groups attached to an aromatic ring is 2. The zero-order chi connectivity index (χ0) is 20.4. The second-order valence-electron chi connectivity index (χ2n) is 5.93. The molecule has 0 bridgehead atoms. The minimum atomic E-state index is -3.99. The third-order valence-electron chi connectivity index (χ3n) is 3.75. The van der Waals surface area contributed by atoms with E-state index in [0.717, 1.165) is 6.07 Å². The van der Waals surface area contributed by atoms with E-state index in [-0.39, 0.29) is 9.79 Å². The van der Waals surface area contributed by atoms with Gasteiger partial charge >= 0.3 is 0 Å². The molecule has 3 aromatic rings. The van der Waals surface area contributed by atoms with Crippen molar-refractivity contribution in [3.05, 3.63) is 72.8 Å². The van der Waals surface area contributed by atoms with E-state index >= 15 is 0 Å². The summed E-state index contributed by atoms with van der Waals surface area (Å²) in [5, 5.41) is 0. The van der Waals surface area contributed by atoms with Gasteiger partial charge in [0.1, 0.15) is 0 Å². The van der Waals surface area contributed by atoms with E-state index in [9.17, 15) is 16.8 Å². The second-order valence-corrected chi connectivity index (χ2v) is 9.29. The molecule has 0 fully saturated rings. The number of nitrogens with two attached hydrogens (primary N) is 2. The van der Waals surface area contributed by atoms with Gasteiger partial charge in [0.25, 0.3) is 20.0 Å². The number of hydrogen-bond donors (Lipinski definition) is 4. The number of sulfonamides is 2. The summed E-state index contributed by atoms with van der Waals surface area (Å²) in [7, 11) is -7.97. The summed E-state index contributed by atoms with van der Waals surface area (Å²) < 4.78 is 55.1. The molecule has 3 aromatic carbocycles. The zero-order valence-corrected chi connectivity index (χ0v) is 16.2. The summed E-state index contributed by atoms with van der Waals surface area (Å²) in [4.78, 5) is -0.381. The Morgan fingerprint density at radius 1 is 0.571 bits per heavy atom. The first-order valence-corrected chi connectivity index (χ1v) is 11.0. The molecular weight excluding hydrogens is 400 g/mol. The highest BCUT2D eigenvalue weighted by Gasteiger charge is 2.20. The SMILES string of the molecule is Nc1ccc(NS(=O)(=O)c2cccc(S(=O)(=O)Nc3ccc(N)cc3)c2)cc1. The summed E-state index contributed by atoms with van der Waals surface area (Å²) in [5.41, 5.74) is 12.8. The third-order valence-corrected chi connectivity index (χ3v) is 6.51. The monoisotopic (exact) mass is 418 g/mol. The molecule has 0 saturated carbocycles. The van der Waals surface area contributed by atoms with Crippen LogP contribution in [0.25, 0.3) is 0 Å². The Morgan fingerprint density at radius 2 is 0.929 bits per heavy atom. The van der Waals surface area contributed by atoms with Gasteiger partial charge in [0.15, 0.2) is 0 Å². The van der Waals surface area contributed by atoms with Gasteiger partial charge in [0.05, 0.1) is 9.79 Å². The maximum absolute atomic E-state index is 12.6. The van der Waals surface area contributed by atoms with Gasteiger partial charge < -0.3 is 11.5 Å². The Bertz CT molecular complexity index is 1100. The predicted octanol–water partition coefficient (Wildman–Crippen LogP) is 2.45. The van der Waals surface area contributed by atoms with Crippen LogP contribution < -0.4 is 20.9 Å². The molecule has 0 spiro atoms. The number of hydrogen-bond acceptors (Lipinski definition) is 6. The van der Waals surface area contributed by atoms with E-state index in [2.05, 4.69) is 9.44 Å². The number of benzene rings is 3. The lowest BCUT2D eigenvalue weighted by Crippen LogP contribution is -2.16. The lowest BCUT2D eigenvalue weighted by molar-refractivity contribution is 0.599. The summed E-state index contributed by atoms with van der Waals surface area (Å²) in [6.07, 6.45) is 0. The van der Waals surface area contributed by atoms with Gasteiger partial charge in [0.2, 0.25) is 0 Å². The number of rotatable bonds is 6. The van der Waals surface area contributed by atoms with Crippen molar-refractivity contribution in [1.29, 1.82) is 0 Å². The van der Waals surface area contributed by atoms with Gasteiger partial charge in [-0.15, -0.1) is 0 Å². The van der Waals surface area contributed by atoms with Crippen LogP contribution in [0, 0.1) is 0 Å². The molecule has 0 aliphatic carbocycles. The van der Waals surface area contributed by atoms with Crippen molar-refractivity contribution in [2.24, 2.45) is 0 Å². The zero-order valence-electron chi connectivity index (χ0n) is 14.5. The molecule has 8 nitrogen and oxygen atoms in total. The molecule has 0 heterocycles. The molecular formula is C18H18N4O4S2. The van der Waals surface area contributed by atoms with Gasteiger partial charge in [-0.25, -0.2) is 16.8 Å². The van der Waals surface area contributed by atoms with Crippen LogP contribution in [0.2, 0.25) is 0 Å². The summed E-state index contributed by atoms with van der Waals surface area (Å²) >= 11 is 0. The quantitative estimate of drug-likeness (QED) is 0.453. The third kappa shape index (κ3) is 4.53. The van der Waals surface area contributed by atoms with Gasteiger partial charge in [-0.1, -0.05) is 6.07 Å². The molecule has 3 rings (SSSR count).